The van der Waals surface area contributed by atoms with Crippen LogP contribution in [0.5, 0.6) is 11.5 Å². The molecule has 4 aromatic rings. The van der Waals surface area contributed by atoms with E-state index in [0.29, 0.717) is 13.2 Å². The van der Waals surface area contributed by atoms with Gasteiger partial charge < -0.3 is 9.47 Å². The van der Waals surface area contributed by atoms with E-state index in [4.69, 9.17) is 9.47 Å². The molecular weight excluding hydrogens is 260 g/mol. The maximum atomic E-state index is 6.04. The average molecular weight is 274 g/mol. The smallest absolute Gasteiger partial charge is 0.169 e. The second-order valence-electron chi connectivity index (χ2n) is 5.58. The zero-order valence-corrected chi connectivity index (χ0v) is 11.6. The summed E-state index contributed by atoms with van der Waals surface area (Å²) in [6, 6.07) is 17.2. The summed E-state index contributed by atoms with van der Waals surface area (Å²) in [5, 5.41) is 7.41. The molecule has 0 atom stereocenters. The van der Waals surface area contributed by atoms with Gasteiger partial charge in [0.05, 0.1) is 13.2 Å². The third kappa shape index (κ3) is 1.42. The van der Waals surface area contributed by atoms with Gasteiger partial charge in [0.2, 0.25) is 0 Å². The van der Waals surface area contributed by atoms with Gasteiger partial charge >= 0.3 is 0 Å². The summed E-state index contributed by atoms with van der Waals surface area (Å²) >= 11 is 0. The van der Waals surface area contributed by atoms with E-state index in [9.17, 15) is 0 Å². The van der Waals surface area contributed by atoms with Crippen LogP contribution in [-0.4, -0.2) is 13.2 Å². The van der Waals surface area contributed by atoms with Gasteiger partial charge in [0, 0.05) is 28.0 Å². The van der Waals surface area contributed by atoms with E-state index >= 15 is 0 Å². The highest BCUT2D eigenvalue weighted by atomic mass is 16.5. The lowest BCUT2D eigenvalue weighted by Gasteiger charge is -2.17. The van der Waals surface area contributed by atoms with Crippen molar-refractivity contribution in [3.8, 4) is 11.5 Å². The minimum atomic E-state index is 0.716. The summed E-state index contributed by atoms with van der Waals surface area (Å²) in [5.41, 5.74) is 0. The molecule has 21 heavy (non-hydrogen) atoms. The molecule has 0 bridgehead atoms. The van der Waals surface area contributed by atoms with Crippen molar-refractivity contribution in [3.63, 3.8) is 0 Å². The number of hydrogen-bond donors (Lipinski definition) is 0. The predicted octanol–water partition coefficient (Wildman–Crippen LogP) is 4.75. The minimum Gasteiger partial charge on any atom is -0.489 e. The highest BCUT2D eigenvalue weighted by Crippen LogP contribution is 2.47. The molecule has 0 fully saturated rings. The lowest BCUT2D eigenvalue weighted by molar-refractivity contribution is 0.298. The number of ether oxygens (including phenoxy) is 2. The highest BCUT2D eigenvalue weighted by molar-refractivity contribution is 6.26. The largest absolute Gasteiger partial charge is 0.489 e. The number of hydrogen-bond acceptors (Lipinski definition) is 2. The molecule has 0 spiro atoms. The lowest BCUT2D eigenvalue weighted by Crippen LogP contribution is -1.97. The van der Waals surface area contributed by atoms with E-state index in [2.05, 4.69) is 48.5 Å². The zero-order valence-electron chi connectivity index (χ0n) is 11.6. The quantitative estimate of drug-likeness (QED) is 0.431. The first kappa shape index (κ1) is 11.2. The van der Waals surface area contributed by atoms with Gasteiger partial charge in [-0.15, -0.1) is 0 Å². The summed E-state index contributed by atoms with van der Waals surface area (Å²) in [6.45, 7) is 1.43. The molecule has 0 N–H and O–H groups in total. The fourth-order valence-electron chi connectivity index (χ4n) is 3.47. The van der Waals surface area contributed by atoms with Gasteiger partial charge in [-0.25, -0.2) is 0 Å². The first-order chi connectivity index (χ1) is 10.4. The number of benzene rings is 4. The van der Waals surface area contributed by atoms with Crippen LogP contribution in [0.25, 0.3) is 32.3 Å². The van der Waals surface area contributed by atoms with Crippen LogP contribution in [0.4, 0.5) is 0 Å². The molecule has 1 heterocycles. The van der Waals surface area contributed by atoms with Gasteiger partial charge in [-0.3, -0.25) is 0 Å². The molecular formula is C19H14O2. The van der Waals surface area contributed by atoms with Gasteiger partial charge in [-0.2, -0.15) is 0 Å². The molecule has 0 unspecified atom stereocenters. The summed E-state index contributed by atoms with van der Waals surface area (Å²) in [4.78, 5) is 0. The van der Waals surface area contributed by atoms with Gasteiger partial charge in [0.15, 0.2) is 11.5 Å². The van der Waals surface area contributed by atoms with E-state index in [-0.39, 0.29) is 0 Å². The van der Waals surface area contributed by atoms with Crippen LogP contribution in [0, 0.1) is 0 Å². The van der Waals surface area contributed by atoms with Crippen LogP contribution in [0.2, 0.25) is 0 Å². The number of fused-ring (bicyclic) bond motifs is 3. The Balaban J connectivity index is 2.12. The van der Waals surface area contributed by atoms with Crippen molar-refractivity contribution in [2.45, 2.75) is 6.42 Å². The molecule has 4 aromatic carbocycles. The van der Waals surface area contributed by atoms with Crippen molar-refractivity contribution in [1.29, 1.82) is 0 Å². The minimum absolute atomic E-state index is 0.716. The molecule has 0 aliphatic carbocycles. The highest BCUT2D eigenvalue weighted by Gasteiger charge is 2.21. The van der Waals surface area contributed by atoms with Gasteiger partial charge in [0.25, 0.3) is 0 Å². The van der Waals surface area contributed by atoms with Gasteiger partial charge in [0.1, 0.15) is 0 Å². The summed E-state index contributed by atoms with van der Waals surface area (Å²) in [5.74, 6) is 1.81. The molecule has 1 aliphatic heterocycles. The Morgan fingerprint density at radius 1 is 0.619 bits per heavy atom. The first-order valence-electron chi connectivity index (χ1n) is 7.38. The molecule has 0 amide bonds. The van der Waals surface area contributed by atoms with Crippen molar-refractivity contribution in [3.05, 3.63) is 48.5 Å². The second-order valence-corrected chi connectivity index (χ2v) is 5.58. The third-order valence-electron chi connectivity index (χ3n) is 4.36. The molecule has 0 aromatic heterocycles. The predicted molar refractivity (Wildman–Crippen MR) is 85.8 cm³/mol. The average Bonchev–Trinajstić information content (AvgIpc) is 2.79. The molecule has 2 heteroatoms. The van der Waals surface area contributed by atoms with Crippen LogP contribution in [0.15, 0.2) is 48.5 Å². The standard InChI is InChI=1S/C19H14O2/c1-4-12-8-9-13-5-2-7-15-17(13)16(12)14(6-1)18-19(15)21-11-3-10-20-18/h1-2,4-9H,3,10-11H2. The molecule has 0 saturated carbocycles. The second kappa shape index (κ2) is 4.01. The Morgan fingerprint density at radius 2 is 1.14 bits per heavy atom. The summed E-state index contributed by atoms with van der Waals surface area (Å²) < 4.78 is 12.1. The normalized spacial score (nSPS) is 14.9. The SMILES string of the molecule is c1cc2ccc3cccc4c5c(c(c1)c2c34)OCCCO5. The molecule has 5 rings (SSSR count). The van der Waals surface area contributed by atoms with Crippen LogP contribution < -0.4 is 9.47 Å². The Hall–Kier alpha value is -2.48. The van der Waals surface area contributed by atoms with Crippen LogP contribution in [0.1, 0.15) is 6.42 Å². The Morgan fingerprint density at radius 3 is 1.67 bits per heavy atom. The van der Waals surface area contributed by atoms with Crippen LogP contribution in [-0.2, 0) is 0 Å². The van der Waals surface area contributed by atoms with E-state index in [1.54, 1.807) is 0 Å². The summed E-state index contributed by atoms with van der Waals surface area (Å²) in [6.07, 6.45) is 0.926. The monoisotopic (exact) mass is 274 g/mol. The maximum Gasteiger partial charge on any atom is 0.169 e. The Kier molecular flexibility index (Phi) is 2.14. The van der Waals surface area contributed by atoms with Crippen molar-refractivity contribution in [1.82, 2.24) is 0 Å². The molecule has 2 nitrogen and oxygen atoms in total. The lowest BCUT2D eigenvalue weighted by atomic mass is 9.93. The van der Waals surface area contributed by atoms with E-state index in [1.807, 2.05) is 0 Å². The maximum absolute atomic E-state index is 6.04. The zero-order chi connectivity index (χ0) is 13.8. The first-order valence-corrected chi connectivity index (χ1v) is 7.38. The van der Waals surface area contributed by atoms with Crippen LogP contribution >= 0.6 is 0 Å². The Labute approximate surface area is 122 Å². The summed E-state index contributed by atoms with van der Waals surface area (Å²) in [7, 11) is 0. The van der Waals surface area contributed by atoms with Crippen molar-refractivity contribution < 1.29 is 9.47 Å². The van der Waals surface area contributed by atoms with Crippen molar-refractivity contribution >= 4 is 32.3 Å². The number of rotatable bonds is 0. The Bertz CT molecular complexity index is 892. The molecule has 0 saturated heterocycles. The fraction of sp³-hybridized carbons (Fsp3) is 0.158. The van der Waals surface area contributed by atoms with Gasteiger partial charge in [-0.05, 0) is 10.8 Å². The van der Waals surface area contributed by atoms with Crippen molar-refractivity contribution in [2.75, 3.05) is 13.2 Å². The fourth-order valence-corrected chi connectivity index (χ4v) is 3.47. The molecule has 102 valence electrons. The van der Waals surface area contributed by atoms with E-state index < -0.39 is 0 Å². The van der Waals surface area contributed by atoms with Crippen molar-refractivity contribution in [2.24, 2.45) is 0 Å². The molecule has 1 aliphatic rings. The van der Waals surface area contributed by atoms with Gasteiger partial charge in [-0.1, -0.05) is 48.5 Å². The van der Waals surface area contributed by atoms with Crippen LogP contribution in [0.3, 0.4) is 0 Å². The topological polar surface area (TPSA) is 18.5 Å². The molecule has 0 radical (unpaired) electrons. The van der Waals surface area contributed by atoms with E-state index in [1.165, 1.54) is 21.5 Å². The van der Waals surface area contributed by atoms with E-state index in [0.717, 1.165) is 28.7 Å². The third-order valence-corrected chi connectivity index (χ3v) is 4.36.